The van der Waals surface area contributed by atoms with E-state index in [2.05, 4.69) is 4.98 Å². The van der Waals surface area contributed by atoms with Gasteiger partial charge in [0, 0.05) is 22.7 Å². The highest BCUT2D eigenvalue weighted by molar-refractivity contribution is 6.35. The average Bonchev–Trinajstić information content (AvgIpc) is 3.07. The molecule has 0 atom stereocenters. The smallest absolute Gasteiger partial charge is 0.354 e. The fraction of sp³-hybridized carbons (Fsp3) is 0.0455. The van der Waals surface area contributed by atoms with Gasteiger partial charge in [0.2, 0.25) is 0 Å². The molecule has 28 heavy (non-hydrogen) atoms. The van der Waals surface area contributed by atoms with Gasteiger partial charge in [-0.25, -0.2) is 9.78 Å². The summed E-state index contributed by atoms with van der Waals surface area (Å²) in [7, 11) is 0. The van der Waals surface area contributed by atoms with Gasteiger partial charge in [-0.15, -0.1) is 0 Å². The third kappa shape index (κ3) is 2.96. The molecular formula is C22H15ClN2O3. The van der Waals surface area contributed by atoms with Gasteiger partial charge >= 0.3 is 5.97 Å². The predicted octanol–water partition coefficient (Wildman–Crippen LogP) is 4.92. The molecule has 0 spiro atoms. The predicted molar refractivity (Wildman–Crippen MR) is 108 cm³/mol. The van der Waals surface area contributed by atoms with Crippen molar-refractivity contribution in [1.82, 2.24) is 9.55 Å². The van der Waals surface area contributed by atoms with Crippen LogP contribution in [0.2, 0.25) is 5.02 Å². The number of ketones is 1. The topological polar surface area (TPSA) is 72.2 Å². The van der Waals surface area contributed by atoms with E-state index in [4.69, 9.17) is 16.7 Å². The van der Waals surface area contributed by atoms with Crippen molar-refractivity contribution in [3.63, 3.8) is 0 Å². The minimum atomic E-state index is -1.09. The van der Waals surface area contributed by atoms with Gasteiger partial charge in [0.25, 0.3) is 0 Å². The molecule has 0 radical (unpaired) electrons. The van der Waals surface area contributed by atoms with Gasteiger partial charge in [-0.1, -0.05) is 41.9 Å². The minimum Gasteiger partial charge on any atom is -0.477 e. The Labute approximate surface area is 165 Å². The summed E-state index contributed by atoms with van der Waals surface area (Å²) in [6, 6.07) is 16.0. The van der Waals surface area contributed by atoms with Crippen molar-refractivity contribution in [3.05, 3.63) is 94.4 Å². The SMILES string of the molecule is Cc1cccc(Cl)c1C(=O)c1cn(-c2ccc(C(=O)O)nc2)c2ccccc12. The van der Waals surface area contributed by atoms with Crippen molar-refractivity contribution in [1.29, 1.82) is 0 Å². The molecule has 0 fully saturated rings. The third-order valence-electron chi connectivity index (χ3n) is 4.65. The van der Waals surface area contributed by atoms with E-state index in [1.54, 1.807) is 18.3 Å². The molecule has 0 aliphatic heterocycles. The summed E-state index contributed by atoms with van der Waals surface area (Å²) >= 11 is 6.30. The highest BCUT2D eigenvalue weighted by Gasteiger charge is 2.21. The van der Waals surface area contributed by atoms with Crippen molar-refractivity contribution in [2.24, 2.45) is 0 Å². The van der Waals surface area contributed by atoms with E-state index < -0.39 is 5.97 Å². The number of aromatic carboxylic acids is 1. The molecule has 0 aliphatic carbocycles. The molecular weight excluding hydrogens is 376 g/mol. The third-order valence-corrected chi connectivity index (χ3v) is 4.97. The van der Waals surface area contributed by atoms with Crippen molar-refractivity contribution in [2.45, 2.75) is 6.92 Å². The number of benzene rings is 2. The van der Waals surface area contributed by atoms with Gasteiger partial charge in [-0.3, -0.25) is 4.79 Å². The molecule has 2 aromatic carbocycles. The van der Waals surface area contributed by atoms with Crippen molar-refractivity contribution in [3.8, 4) is 5.69 Å². The van der Waals surface area contributed by atoms with Gasteiger partial charge in [0.05, 0.1) is 22.4 Å². The Morgan fingerprint density at radius 3 is 2.50 bits per heavy atom. The molecule has 1 N–H and O–H groups in total. The molecule has 2 aromatic heterocycles. The quantitative estimate of drug-likeness (QED) is 0.502. The molecule has 0 saturated heterocycles. The van der Waals surface area contributed by atoms with E-state index in [-0.39, 0.29) is 11.5 Å². The Morgan fingerprint density at radius 2 is 1.82 bits per heavy atom. The van der Waals surface area contributed by atoms with Crippen LogP contribution in [0.15, 0.2) is 67.0 Å². The van der Waals surface area contributed by atoms with Crippen LogP contribution in [0.5, 0.6) is 0 Å². The number of rotatable bonds is 4. The maximum atomic E-state index is 13.3. The Kier molecular flexibility index (Phi) is 4.45. The summed E-state index contributed by atoms with van der Waals surface area (Å²) in [4.78, 5) is 28.3. The van der Waals surface area contributed by atoms with Crippen LogP contribution in [0.25, 0.3) is 16.6 Å². The lowest BCUT2D eigenvalue weighted by atomic mass is 9.99. The number of hydrogen-bond acceptors (Lipinski definition) is 3. The van der Waals surface area contributed by atoms with Crippen molar-refractivity contribution in [2.75, 3.05) is 0 Å². The number of hydrogen-bond donors (Lipinski definition) is 1. The fourth-order valence-corrected chi connectivity index (χ4v) is 3.59. The van der Waals surface area contributed by atoms with Crippen LogP contribution in [0, 0.1) is 6.92 Å². The molecule has 0 amide bonds. The van der Waals surface area contributed by atoms with Gasteiger partial charge in [0.15, 0.2) is 5.78 Å². The first-order valence-corrected chi connectivity index (χ1v) is 8.95. The molecule has 5 nitrogen and oxygen atoms in total. The fourth-order valence-electron chi connectivity index (χ4n) is 3.28. The summed E-state index contributed by atoms with van der Waals surface area (Å²) in [6.07, 6.45) is 3.22. The number of carboxylic acids is 1. The molecule has 138 valence electrons. The summed E-state index contributed by atoms with van der Waals surface area (Å²) in [5.41, 5.74) is 3.25. The van der Waals surface area contributed by atoms with Crippen LogP contribution in [0.1, 0.15) is 32.0 Å². The van der Waals surface area contributed by atoms with Gasteiger partial charge in [-0.2, -0.15) is 0 Å². The largest absolute Gasteiger partial charge is 0.477 e. The minimum absolute atomic E-state index is 0.0387. The molecule has 6 heteroatoms. The van der Waals surface area contributed by atoms with Crippen LogP contribution in [-0.2, 0) is 0 Å². The van der Waals surface area contributed by atoms with E-state index in [1.807, 2.05) is 47.9 Å². The Balaban J connectivity index is 1.90. The first kappa shape index (κ1) is 17.9. The Bertz CT molecular complexity index is 1210. The van der Waals surface area contributed by atoms with Crippen molar-refractivity contribution >= 4 is 34.3 Å². The maximum absolute atomic E-state index is 13.3. The van der Waals surface area contributed by atoms with Crippen LogP contribution in [0.3, 0.4) is 0 Å². The number of aromatic nitrogens is 2. The van der Waals surface area contributed by atoms with Crippen molar-refractivity contribution < 1.29 is 14.7 Å². The van der Waals surface area contributed by atoms with Gasteiger partial charge in [0.1, 0.15) is 5.69 Å². The zero-order valence-corrected chi connectivity index (χ0v) is 15.6. The van der Waals surface area contributed by atoms with E-state index in [0.29, 0.717) is 21.8 Å². The molecule has 0 bridgehead atoms. The lowest BCUT2D eigenvalue weighted by Crippen LogP contribution is -2.04. The van der Waals surface area contributed by atoms with E-state index in [1.165, 1.54) is 12.3 Å². The Hall–Kier alpha value is -3.44. The number of carboxylic acid groups (broad SMARTS) is 1. The van der Waals surface area contributed by atoms with E-state index in [0.717, 1.165) is 16.5 Å². The number of carbonyl (C=O) groups is 2. The highest BCUT2D eigenvalue weighted by Crippen LogP contribution is 2.30. The molecule has 0 saturated carbocycles. The zero-order chi connectivity index (χ0) is 19.8. The van der Waals surface area contributed by atoms with Gasteiger partial charge < -0.3 is 9.67 Å². The van der Waals surface area contributed by atoms with Crippen LogP contribution in [-0.4, -0.2) is 26.4 Å². The highest BCUT2D eigenvalue weighted by atomic mass is 35.5. The van der Waals surface area contributed by atoms with E-state index in [9.17, 15) is 9.59 Å². The van der Waals surface area contributed by atoms with E-state index >= 15 is 0 Å². The number of nitrogens with zero attached hydrogens (tertiary/aromatic N) is 2. The summed E-state index contributed by atoms with van der Waals surface area (Å²) < 4.78 is 1.83. The molecule has 4 aromatic rings. The van der Waals surface area contributed by atoms with Gasteiger partial charge in [-0.05, 0) is 36.8 Å². The second-order valence-electron chi connectivity index (χ2n) is 6.40. The normalized spacial score (nSPS) is 10.9. The number of fused-ring (bicyclic) bond motifs is 1. The number of pyridine rings is 1. The first-order valence-electron chi connectivity index (χ1n) is 8.57. The van der Waals surface area contributed by atoms with Crippen LogP contribution in [0.4, 0.5) is 0 Å². The van der Waals surface area contributed by atoms with Crippen LogP contribution >= 0.6 is 11.6 Å². The molecule has 0 aliphatic rings. The zero-order valence-electron chi connectivity index (χ0n) is 14.9. The average molecular weight is 391 g/mol. The second-order valence-corrected chi connectivity index (χ2v) is 6.80. The number of halogens is 1. The lowest BCUT2D eigenvalue weighted by Gasteiger charge is -2.06. The molecule has 4 rings (SSSR count). The Morgan fingerprint density at radius 1 is 1.04 bits per heavy atom. The summed E-state index contributed by atoms with van der Waals surface area (Å²) in [5, 5.41) is 10.2. The monoisotopic (exact) mass is 390 g/mol. The standard InChI is InChI=1S/C22H15ClN2O3/c1-13-5-4-7-17(23)20(13)21(26)16-12-25(19-8-3-2-6-15(16)19)14-9-10-18(22(27)28)24-11-14/h2-12H,1H3,(H,27,28). The molecule has 0 unspecified atom stereocenters. The molecule has 2 heterocycles. The maximum Gasteiger partial charge on any atom is 0.354 e. The summed E-state index contributed by atoms with van der Waals surface area (Å²) in [5.74, 6) is -1.25. The second kappa shape index (κ2) is 6.94. The first-order chi connectivity index (χ1) is 13.5. The number of para-hydroxylation sites is 1. The summed E-state index contributed by atoms with van der Waals surface area (Å²) in [6.45, 7) is 1.85. The lowest BCUT2D eigenvalue weighted by molar-refractivity contribution is 0.0690. The number of aryl methyl sites for hydroxylation is 1. The number of carbonyl (C=O) groups excluding carboxylic acids is 1. The van der Waals surface area contributed by atoms with Crippen LogP contribution < -0.4 is 0 Å².